The number of hydrogen-bond donors (Lipinski definition) is 3. The van der Waals surface area contributed by atoms with Crippen LogP contribution in [-0.4, -0.2) is 45.6 Å². The number of carboxylic acid groups (broad SMARTS) is 1. The maximum atomic E-state index is 12.7. The Kier molecular flexibility index (Phi) is 7.09. The molecule has 186 valence electrons. The zero-order valence-corrected chi connectivity index (χ0v) is 20.3. The lowest BCUT2D eigenvalue weighted by molar-refractivity contribution is -0.139. The Hall–Kier alpha value is -4.15. The summed E-state index contributed by atoms with van der Waals surface area (Å²) in [6.45, 7) is 0. The Morgan fingerprint density at radius 1 is 1.00 bits per heavy atom. The number of benzene rings is 3. The fourth-order valence-corrected chi connectivity index (χ4v) is 4.49. The highest BCUT2D eigenvalue weighted by Gasteiger charge is 2.23. The van der Waals surface area contributed by atoms with Gasteiger partial charge in [-0.15, -0.1) is 0 Å². The molecule has 36 heavy (non-hydrogen) atoms. The third kappa shape index (κ3) is 5.40. The molecule has 1 atom stereocenters. The van der Waals surface area contributed by atoms with Crippen LogP contribution in [0.3, 0.4) is 0 Å². The zero-order chi connectivity index (χ0) is 25.9. The number of nitrogens with one attached hydrogen (secondary N) is 2. The Balaban J connectivity index is 1.49. The summed E-state index contributed by atoms with van der Waals surface area (Å²) in [5.74, 6) is -1.22. The number of sulfonamides is 1. The van der Waals surface area contributed by atoms with E-state index >= 15 is 0 Å². The quantitative estimate of drug-likeness (QED) is 0.315. The first-order chi connectivity index (χ1) is 17.2. The van der Waals surface area contributed by atoms with Crippen molar-refractivity contribution in [2.24, 2.45) is 0 Å². The second-order valence-electron chi connectivity index (χ2n) is 8.02. The standard InChI is InChI=1S/C26H24N2O7S/c1-27-36(32,33)21-5-3-4-18(14-21)17-8-6-16(7-9-17)12-22(26(30)31)28-25(29)24-15-19-13-20(34-2)10-11-23(19)35-24/h3-11,13-15,22,27H,12H2,1-2H3,(H,28,29)(H,30,31)/t22-/m0/s1. The van der Waals surface area contributed by atoms with Crippen LogP contribution in [0.25, 0.3) is 22.1 Å². The lowest BCUT2D eigenvalue weighted by atomic mass is 10.0. The van der Waals surface area contributed by atoms with Crippen molar-refractivity contribution in [1.82, 2.24) is 10.0 Å². The van der Waals surface area contributed by atoms with Gasteiger partial charge in [-0.2, -0.15) is 0 Å². The molecule has 0 spiro atoms. The van der Waals surface area contributed by atoms with E-state index in [9.17, 15) is 23.1 Å². The molecule has 10 heteroatoms. The average molecular weight is 509 g/mol. The van der Waals surface area contributed by atoms with Crippen molar-refractivity contribution in [3.8, 4) is 16.9 Å². The van der Waals surface area contributed by atoms with Gasteiger partial charge in [0.2, 0.25) is 10.0 Å². The summed E-state index contributed by atoms with van der Waals surface area (Å²) >= 11 is 0. The highest BCUT2D eigenvalue weighted by atomic mass is 32.2. The summed E-state index contributed by atoms with van der Waals surface area (Å²) in [5.41, 5.74) is 2.62. The molecule has 0 fully saturated rings. The molecule has 0 radical (unpaired) electrons. The molecule has 1 aromatic heterocycles. The van der Waals surface area contributed by atoms with Crippen LogP contribution in [-0.2, 0) is 21.2 Å². The van der Waals surface area contributed by atoms with Crippen molar-refractivity contribution < 1.29 is 32.3 Å². The van der Waals surface area contributed by atoms with Crippen LogP contribution < -0.4 is 14.8 Å². The Morgan fingerprint density at radius 2 is 1.75 bits per heavy atom. The maximum Gasteiger partial charge on any atom is 0.326 e. The topological polar surface area (TPSA) is 135 Å². The van der Waals surface area contributed by atoms with Gasteiger partial charge >= 0.3 is 5.97 Å². The largest absolute Gasteiger partial charge is 0.497 e. The number of rotatable bonds is 9. The minimum Gasteiger partial charge on any atom is -0.497 e. The van der Waals surface area contributed by atoms with E-state index in [2.05, 4.69) is 10.0 Å². The van der Waals surface area contributed by atoms with E-state index in [1.807, 2.05) is 0 Å². The number of carbonyl (C=O) groups excluding carboxylic acids is 1. The highest BCUT2D eigenvalue weighted by Crippen LogP contribution is 2.25. The molecular formula is C26H24N2O7S. The van der Waals surface area contributed by atoms with Gasteiger partial charge in [-0.05, 0) is 60.1 Å². The van der Waals surface area contributed by atoms with Crippen molar-refractivity contribution in [3.63, 3.8) is 0 Å². The van der Waals surface area contributed by atoms with E-state index in [1.54, 1.807) is 60.7 Å². The minimum atomic E-state index is -3.58. The molecule has 0 unspecified atom stereocenters. The van der Waals surface area contributed by atoms with E-state index in [0.717, 1.165) is 5.56 Å². The summed E-state index contributed by atoms with van der Waals surface area (Å²) in [6.07, 6.45) is 0.0452. The predicted molar refractivity (Wildman–Crippen MR) is 133 cm³/mol. The van der Waals surface area contributed by atoms with Crippen LogP contribution in [0.15, 0.2) is 82.1 Å². The fraction of sp³-hybridized carbons (Fsp3) is 0.154. The molecule has 0 aliphatic rings. The molecule has 0 aliphatic heterocycles. The molecule has 4 rings (SSSR count). The van der Waals surface area contributed by atoms with Gasteiger partial charge in [-0.25, -0.2) is 17.9 Å². The molecular weight excluding hydrogens is 484 g/mol. The summed E-state index contributed by atoms with van der Waals surface area (Å²) in [4.78, 5) is 24.7. The molecule has 3 N–H and O–H groups in total. The van der Waals surface area contributed by atoms with Crippen molar-refractivity contribution in [3.05, 3.63) is 84.1 Å². The van der Waals surface area contributed by atoms with Crippen LogP contribution in [0, 0.1) is 0 Å². The lowest BCUT2D eigenvalue weighted by Crippen LogP contribution is -2.42. The third-order valence-corrected chi connectivity index (χ3v) is 7.10. The Bertz CT molecular complexity index is 1530. The van der Waals surface area contributed by atoms with Gasteiger partial charge in [0.05, 0.1) is 12.0 Å². The minimum absolute atomic E-state index is 0.00347. The van der Waals surface area contributed by atoms with Gasteiger partial charge in [0.1, 0.15) is 17.4 Å². The monoisotopic (exact) mass is 508 g/mol. The summed E-state index contributed by atoms with van der Waals surface area (Å²) in [5, 5.41) is 12.8. The molecule has 0 saturated heterocycles. The zero-order valence-electron chi connectivity index (χ0n) is 19.5. The summed E-state index contributed by atoms with van der Waals surface area (Å²) in [6, 6.07) is 19.0. The van der Waals surface area contributed by atoms with Crippen LogP contribution in [0.1, 0.15) is 16.1 Å². The van der Waals surface area contributed by atoms with Crippen molar-refractivity contribution in [2.75, 3.05) is 14.2 Å². The van der Waals surface area contributed by atoms with E-state index in [4.69, 9.17) is 9.15 Å². The predicted octanol–water partition coefficient (Wildman–Crippen LogP) is 3.44. The normalized spacial score (nSPS) is 12.3. The number of carbonyl (C=O) groups is 2. The first-order valence-corrected chi connectivity index (χ1v) is 12.4. The number of methoxy groups -OCH3 is 1. The first kappa shape index (κ1) is 25.0. The van der Waals surface area contributed by atoms with Crippen LogP contribution in [0.5, 0.6) is 5.75 Å². The van der Waals surface area contributed by atoms with E-state index < -0.39 is 27.9 Å². The van der Waals surface area contributed by atoms with Crippen molar-refractivity contribution in [2.45, 2.75) is 17.4 Å². The molecule has 0 bridgehead atoms. The molecule has 4 aromatic rings. The second kappa shape index (κ2) is 10.2. The molecule has 1 amide bonds. The Labute approximate surface area is 207 Å². The van der Waals surface area contributed by atoms with Gasteiger partial charge in [0.25, 0.3) is 5.91 Å². The molecule has 0 saturated carbocycles. The number of aliphatic carboxylic acids is 1. The van der Waals surface area contributed by atoms with Crippen LogP contribution in [0.4, 0.5) is 0 Å². The lowest BCUT2D eigenvalue weighted by Gasteiger charge is -2.14. The van der Waals surface area contributed by atoms with E-state index in [-0.39, 0.29) is 17.1 Å². The number of carboxylic acids is 1. The first-order valence-electron chi connectivity index (χ1n) is 10.9. The van der Waals surface area contributed by atoms with Gasteiger partial charge < -0.3 is 19.6 Å². The number of amides is 1. The number of furan rings is 1. The second-order valence-corrected chi connectivity index (χ2v) is 9.90. The van der Waals surface area contributed by atoms with Gasteiger partial charge in [0, 0.05) is 11.8 Å². The van der Waals surface area contributed by atoms with E-state index in [0.29, 0.717) is 27.8 Å². The fourth-order valence-electron chi connectivity index (χ4n) is 3.72. The summed E-state index contributed by atoms with van der Waals surface area (Å²) in [7, 11) is -0.699. The number of hydrogen-bond acceptors (Lipinski definition) is 6. The van der Waals surface area contributed by atoms with E-state index in [1.165, 1.54) is 26.3 Å². The van der Waals surface area contributed by atoms with Crippen LogP contribution >= 0.6 is 0 Å². The molecule has 1 heterocycles. The number of fused-ring (bicyclic) bond motifs is 1. The molecule has 3 aromatic carbocycles. The van der Waals surface area contributed by atoms with Crippen molar-refractivity contribution >= 4 is 32.9 Å². The van der Waals surface area contributed by atoms with Gasteiger partial charge in [-0.3, -0.25) is 4.79 Å². The maximum absolute atomic E-state index is 12.7. The molecule has 9 nitrogen and oxygen atoms in total. The average Bonchev–Trinajstić information content (AvgIpc) is 3.32. The van der Waals surface area contributed by atoms with Crippen molar-refractivity contribution in [1.29, 1.82) is 0 Å². The molecule has 0 aliphatic carbocycles. The van der Waals surface area contributed by atoms with Gasteiger partial charge in [0.15, 0.2) is 5.76 Å². The smallest absolute Gasteiger partial charge is 0.326 e. The van der Waals surface area contributed by atoms with Crippen LogP contribution in [0.2, 0.25) is 0 Å². The Morgan fingerprint density at radius 3 is 2.42 bits per heavy atom. The third-order valence-electron chi connectivity index (χ3n) is 5.69. The number of ether oxygens (including phenoxy) is 1. The van der Waals surface area contributed by atoms with Gasteiger partial charge in [-0.1, -0.05) is 36.4 Å². The summed E-state index contributed by atoms with van der Waals surface area (Å²) < 4.78 is 37.2. The highest BCUT2D eigenvalue weighted by molar-refractivity contribution is 7.89. The SMILES string of the molecule is CNS(=O)(=O)c1cccc(-c2ccc(C[C@H](NC(=O)c3cc4cc(OC)ccc4o3)C(=O)O)cc2)c1.